The first-order valence-electron chi connectivity index (χ1n) is 8.02. The Bertz CT molecular complexity index is 839. The first-order valence-corrected chi connectivity index (χ1v) is 8.82. The van der Waals surface area contributed by atoms with E-state index in [1.807, 2.05) is 43.3 Å². The lowest BCUT2D eigenvalue weighted by molar-refractivity contribution is -0.117. The highest BCUT2D eigenvalue weighted by atomic mass is 79.9. The zero-order valence-electron chi connectivity index (χ0n) is 14.6. The molecule has 6 heteroatoms. The van der Waals surface area contributed by atoms with E-state index in [4.69, 9.17) is 9.47 Å². The average Bonchev–Trinajstić information content (AvgIpc) is 2.66. The van der Waals surface area contributed by atoms with Gasteiger partial charge in [-0.05, 0) is 48.9 Å². The Hall–Kier alpha value is -2.78. The van der Waals surface area contributed by atoms with Crippen molar-refractivity contribution in [3.63, 3.8) is 0 Å². The Morgan fingerprint density at radius 2 is 2.00 bits per heavy atom. The summed E-state index contributed by atoms with van der Waals surface area (Å²) in [5, 5.41) is 12.1. The van der Waals surface area contributed by atoms with Gasteiger partial charge in [0.15, 0.2) is 0 Å². The molecule has 0 spiro atoms. The number of amides is 1. The van der Waals surface area contributed by atoms with Crippen molar-refractivity contribution >= 4 is 27.9 Å². The quantitative estimate of drug-likeness (QED) is 0.547. The van der Waals surface area contributed by atoms with Gasteiger partial charge >= 0.3 is 0 Å². The number of carbonyl (C=O) groups is 1. The van der Waals surface area contributed by atoms with Crippen LogP contribution >= 0.6 is 15.9 Å². The Kier molecular flexibility index (Phi) is 7.24. The van der Waals surface area contributed by atoms with E-state index in [0.717, 1.165) is 15.8 Å². The lowest BCUT2D eigenvalue weighted by Gasteiger charge is -2.09. The molecule has 0 saturated heterocycles. The van der Waals surface area contributed by atoms with Crippen LogP contribution in [0.2, 0.25) is 0 Å². The highest BCUT2D eigenvalue weighted by molar-refractivity contribution is 9.10. The number of ether oxygens (including phenoxy) is 2. The molecule has 0 aromatic heterocycles. The Morgan fingerprint density at radius 3 is 2.62 bits per heavy atom. The van der Waals surface area contributed by atoms with Crippen LogP contribution in [-0.2, 0) is 11.3 Å². The predicted molar refractivity (Wildman–Crippen MR) is 104 cm³/mol. The molecule has 0 unspecified atom stereocenters. The molecular formula is C20H19BrN2O3. The Balaban J connectivity index is 2.14. The van der Waals surface area contributed by atoms with Gasteiger partial charge in [-0.3, -0.25) is 4.79 Å². The largest absolute Gasteiger partial charge is 0.497 e. The standard InChI is InChI=1S/C20H19BrN2O3/c1-3-26-19-9-6-17(21)11-15(19)10-16(12-22)20(24)23-13-14-4-7-18(25-2)8-5-14/h4-11H,3,13H2,1-2H3,(H,23,24)/b16-10-. The molecular weight excluding hydrogens is 396 g/mol. The summed E-state index contributed by atoms with van der Waals surface area (Å²) >= 11 is 3.39. The third kappa shape index (κ3) is 5.36. The van der Waals surface area contributed by atoms with Crippen LogP contribution in [0.4, 0.5) is 0 Å². The number of carbonyl (C=O) groups excluding carboxylic acids is 1. The molecule has 26 heavy (non-hydrogen) atoms. The zero-order chi connectivity index (χ0) is 18.9. The maximum absolute atomic E-state index is 12.4. The highest BCUT2D eigenvalue weighted by Crippen LogP contribution is 2.25. The minimum absolute atomic E-state index is 0.0116. The summed E-state index contributed by atoms with van der Waals surface area (Å²) in [6.07, 6.45) is 1.53. The van der Waals surface area contributed by atoms with E-state index in [1.54, 1.807) is 19.2 Å². The molecule has 0 saturated carbocycles. The molecule has 0 radical (unpaired) electrons. The molecule has 0 aliphatic heterocycles. The second kappa shape index (κ2) is 9.64. The number of nitrogens with one attached hydrogen (secondary N) is 1. The third-order valence-corrected chi connectivity index (χ3v) is 4.04. The van der Waals surface area contributed by atoms with Gasteiger partial charge in [-0.1, -0.05) is 28.1 Å². The van der Waals surface area contributed by atoms with Gasteiger partial charge in [-0.2, -0.15) is 5.26 Å². The topological polar surface area (TPSA) is 71.3 Å². The van der Waals surface area contributed by atoms with Gasteiger partial charge in [0.2, 0.25) is 0 Å². The first-order chi connectivity index (χ1) is 12.6. The fraction of sp³-hybridized carbons (Fsp3) is 0.200. The molecule has 1 N–H and O–H groups in total. The average molecular weight is 415 g/mol. The van der Waals surface area contributed by atoms with E-state index in [2.05, 4.69) is 21.2 Å². The number of hydrogen-bond acceptors (Lipinski definition) is 4. The molecule has 5 nitrogen and oxygen atoms in total. The number of hydrogen-bond donors (Lipinski definition) is 1. The number of rotatable bonds is 7. The minimum Gasteiger partial charge on any atom is -0.497 e. The summed E-state index contributed by atoms with van der Waals surface area (Å²) in [6.45, 7) is 2.69. The first kappa shape index (κ1) is 19.5. The van der Waals surface area contributed by atoms with Gasteiger partial charge < -0.3 is 14.8 Å². The molecule has 0 aliphatic rings. The van der Waals surface area contributed by atoms with Crippen LogP contribution in [0.1, 0.15) is 18.1 Å². The van der Waals surface area contributed by atoms with Crippen molar-refractivity contribution in [2.24, 2.45) is 0 Å². The van der Waals surface area contributed by atoms with Gasteiger partial charge in [0.1, 0.15) is 23.1 Å². The Morgan fingerprint density at radius 1 is 1.27 bits per heavy atom. The molecule has 0 heterocycles. The number of halogens is 1. The SMILES string of the molecule is CCOc1ccc(Br)cc1/C=C(/C#N)C(=O)NCc1ccc(OC)cc1. The molecule has 0 bridgehead atoms. The summed E-state index contributed by atoms with van der Waals surface area (Å²) in [5.74, 6) is 0.924. The van der Waals surface area contributed by atoms with Gasteiger partial charge in [0, 0.05) is 16.6 Å². The summed E-state index contributed by atoms with van der Waals surface area (Å²) in [4.78, 5) is 12.4. The number of nitrogens with zero attached hydrogens (tertiary/aromatic N) is 1. The summed E-state index contributed by atoms with van der Waals surface area (Å²) < 4.78 is 11.5. The fourth-order valence-corrected chi connectivity index (χ4v) is 2.62. The fourth-order valence-electron chi connectivity index (χ4n) is 2.24. The van der Waals surface area contributed by atoms with E-state index in [0.29, 0.717) is 24.5 Å². The highest BCUT2D eigenvalue weighted by Gasteiger charge is 2.11. The van der Waals surface area contributed by atoms with Gasteiger partial charge in [0.05, 0.1) is 13.7 Å². The number of benzene rings is 2. The van der Waals surface area contributed by atoms with Crippen molar-refractivity contribution < 1.29 is 14.3 Å². The molecule has 2 rings (SSSR count). The zero-order valence-corrected chi connectivity index (χ0v) is 16.2. The smallest absolute Gasteiger partial charge is 0.262 e. The molecule has 0 fully saturated rings. The van der Waals surface area contributed by atoms with Gasteiger partial charge in [-0.15, -0.1) is 0 Å². The summed E-state index contributed by atoms with van der Waals surface area (Å²) in [6, 6.07) is 14.7. The summed E-state index contributed by atoms with van der Waals surface area (Å²) in [5.41, 5.74) is 1.59. The van der Waals surface area contributed by atoms with E-state index in [-0.39, 0.29) is 5.57 Å². The van der Waals surface area contributed by atoms with Crippen LogP contribution in [0.25, 0.3) is 6.08 Å². The van der Waals surface area contributed by atoms with Crippen LogP contribution in [0, 0.1) is 11.3 Å². The second-order valence-electron chi connectivity index (χ2n) is 5.32. The van der Waals surface area contributed by atoms with E-state index in [9.17, 15) is 10.1 Å². The molecule has 0 atom stereocenters. The second-order valence-corrected chi connectivity index (χ2v) is 6.23. The molecule has 134 valence electrons. The number of nitriles is 1. The molecule has 1 amide bonds. The van der Waals surface area contributed by atoms with E-state index >= 15 is 0 Å². The van der Waals surface area contributed by atoms with Crippen molar-refractivity contribution in [2.45, 2.75) is 13.5 Å². The third-order valence-electron chi connectivity index (χ3n) is 3.55. The lowest BCUT2D eigenvalue weighted by Crippen LogP contribution is -2.23. The van der Waals surface area contributed by atoms with E-state index < -0.39 is 5.91 Å². The van der Waals surface area contributed by atoms with E-state index in [1.165, 1.54) is 6.08 Å². The predicted octanol–water partition coefficient (Wildman–Crippen LogP) is 4.08. The maximum atomic E-state index is 12.4. The van der Waals surface area contributed by atoms with Crippen molar-refractivity contribution in [3.05, 3.63) is 63.6 Å². The monoisotopic (exact) mass is 414 g/mol. The van der Waals surface area contributed by atoms with Crippen LogP contribution < -0.4 is 14.8 Å². The number of methoxy groups -OCH3 is 1. The van der Waals surface area contributed by atoms with Crippen LogP contribution in [-0.4, -0.2) is 19.6 Å². The minimum atomic E-state index is -0.439. The molecule has 2 aromatic carbocycles. The van der Waals surface area contributed by atoms with Crippen molar-refractivity contribution in [1.82, 2.24) is 5.32 Å². The van der Waals surface area contributed by atoms with Crippen LogP contribution in [0.3, 0.4) is 0 Å². The van der Waals surface area contributed by atoms with Gasteiger partial charge in [0.25, 0.3) is 5.91 Å². The van der Waals surface area contributed by atoms with Crippen LogP contribution in [0.5, 0.6) is 11.5 Å². The van der Waals surface area contributed by atoms with Crippen molar-refractivity contribution in [3.8, 4) is 17.6 Å². The van der Waals surface area contributed by atoms with Crippen LogP contribution in [0.15, 0.2) is 52.5 Å². The summed E-state index contributed by atoms with van der Waals surface area (Å²) in [7, 11) is 1.60. The lowest BCUT2D eigenvalue weighted by atomic mass is 10.1. The van der Waals surface area contributed by atoms with Crippen molar-refractivity contribution in [1.29, 1.82) is 5.26 Å². The molecule has 0 aliphatic carbocycles. The molecule has 2 aromatic rings. The normalized spacial score (nSPS) is 10.8. The Labute approximate surface area is 161 Å². The van der Waals surface area contributed by atoms with Crippen molar-refractivity contribution in [2.75, 3.05) is 13.7 Å². The maximum Gasteiger partial charge on any atom is 0.262 e. The van der Waals surface area contributed by atoms with Gasteiger partial charge in [-0.25, -0.2) is 0 Å².